The third kappa shape index (κ3) is 4.63. The van der Waals surface area contributed by atoms with E-state index in [1.54, 1.807) is 6.07 Å². The Morgan fingerprint density at radius 2 is 1.69 bits per heavy atom. The predicted octanol–water partition coefficient (Wildman–Crippen LogP) is 2.46. The SMILES string of the molecule is Cc1cccc(C(=O)NCCC(=O)N2CCN(c3ccccc3)CC2)c1. The van der Waals surface area contributed by atoms with E-state index in [1.165, 1.54) is 5.69 Å². The van der Waals surface area contributed by atoms with E-state index in [2.05, 4.69) is 22.3 Å². The molecule has 2 amide bonds. The van der Waals surface area contributed by atoms with Crippen LogP contribution in [0.5, 0.6) is 0 Å². The molecule has 1 aliphatic heterocycles. The maximum absolute atomic E-state index is 12.4. The Morgan fingerprint density at radius 1 is 0.962 bits per heavy atom. The molecular weight excluding hydrogens is 326 g/mol. The largest absolute Gasteiger partial charge is 0.368 e. The topological polar surface area (TPSA) is 52.7 Å². The first-order chi connectivity index (χ1) is 12.6. The fraction of sp³-hybridized carbons (Fsp3) is 0.333. The number of hydrogen-bond acceptors (Lipinski definition) is 3. The molecule has 1 saturated heterocycles. The zero-order valence-corrected chi connectivity index (χ0v) is 15.1. The normalized spacial score (nSPS) is 14.2. The van der Waals surface area contributed by atoms with Crippen LogP contribution >= 0.6 is 0 Å². The van der Waals surface area contributed by atoms with Crippen LogP contribution in [0, 0.1) is 6.92 Å². The second kappa shape index (κ2) is 8.52. The van der Waals surface area contributed by atoms with Crippen LogP contribution in [0.3, 0.4) is 0 Å². The molecule has 136 valence electrons. The number of rotatable bonds is 5. The number of nitrogens with zero attached hydrogens (tertiary/aromatic N) is 2. The van der Waals surface area contributed by atoms with Crippen molar-refractivity contribution in [2.24, 2.45) is 0 Å². The van der Waals surface area contributed by atoms with E-state index in [0.29, 0.717) is 18.5 Å². The molecule has 0 unspecified atom stereocenters. The van der Waals surface area contributed by atoms with Gasteiger partial charge in [-0.05, 0) is 31.2 Å². The van der Waals surface area contributed by atoms with E-state index in [0.717, 1.165) is 31.7 Å². The molecule has 5 nitrogen and oxygen atoms in total. The van der Waals surface area contributed by atoms with E-state index in [4.69, 9.17) is 0 Å². The third-order valence-corrected chi connectivity index (χ3v) is 4.66. The molecular formula is C21H25N3O2. The number of nitrogens with one attached hydrogen (secondary N) is 1. The Morgan fingerprint density at radius 3 is 2.38 bits per heavy atom. The van der Waals surface area contributed by atoms with Crippen molar-refractivity contribution < 1.29 is 9.59 Å². The lowest BCUT2D eigenvalue weighted by Gasteiger charge is -2.36. The Balaban J connectivity index is 1.41. The summed E-state index contributed by atoms with van der Waals surface area (Å²) in [5.74, 6) is -0.0300. The highest BCUT2D eigenvalue weighted by Crippen LogP contribution is 2.15. The molecule has 3 rings (SSSR count). The van der Waals surface area contributed by atoms with E-state index in [1.807, 2.05) is 48.2 Å². The second-order valence-electron chi connectivity index (χ2n) is 6.58. The molecule has 0 saturated carbocycles. The summed E-state index contributed by atoms with van der Waals surface area (Å²) in [6, 6.07) is 17.7. The van der Waals surface area contributed by atoms with Gasteiger partial charge >= 0.3 is 0 Å². The number of amides is 2. The number of carbonyl (C=O) groups is 2. The van der Waals surface area contributed by atoms with Crippen molar-refractivity contribution in [3.8, 4) is 0 Å². The van der Waals surface area contributed by atoms with Crippen LogP contribution in [-0.2, 0) is 4.79 Å². The maximum Gasteiger partial charge on any atom is 0.251 e. The summed E-state index contributed by atoms with van der Waals surface area (Å²) < 4.78 is 0. The minimum absolute atomic E-state index is 0.0993. The van der Waals surface area contributed by atoms with Crippen molar-refractivity contribution in [1.29, 1.82) is 0 Å². The van der Waals surface area contributed by atoms with Crippen molar-refractivity contribution in [2.45, 2.75) is 13.3 Å². The van der Waals surface area contributed by atoms with Crippen molar-refractivity contribution in [3.05, 3.63) is 65.7 Å². The molecule has 0 aromatic heterocycles. The number of anilines is 1. The number of hydrogen-bond donors (Lipinski definition) is 1. The number of aryl methyl sites for hydroxylation is 1. The molecule has 1 heterocycles. The van der Waals surface area contributed by atoms with Gasteiger partial charge in [0.1, 0.15) is 0 Å². The minimum atomic E-state index is -0.129. The zero-order valence-electron chi connectivity index (χ0n) is 15.1. The molecule has 1 fully saturated rings. The Labute approximate surface area is 154 Å². The summed E-state index contributed by atoms with van der Waals surface area (Å²) in [5.41, 5.74) is 2.88. The molecule has 0 radical (unpaired) electrons. The van der Waals surface area contributed by atoms with E-state index in [9.17, 15) is 9.59 Å². The van der Waals surface area contributed by atoms with Gasteiger partial charge in [0.2, 0.25) is 5.91 Å². The lowest BCUT2D eigenvalue weighted by molar-refractivity contribution is -0.131. The van der Waals surface area contributed by atoms with E-state index in [-0.39, 0.29) is 11.8 Å². The summed E-state index contributed by atoms with van der Waals surface area (Å²) in [6.07, 6.45) is 0.336. The summed E-state index contributed by atoms with van der Waals surface area (Å²) in [5, 5.41) is 2.83. The summed E-state index contributed by atoms with van der Waals surface area (Å²) in [7, 11) is 0. The predicted molar refractivity (Wildman–Crippen MR) is 103 cm³/mol. The van der Waals surface area contributed by atoms with Gasteiger partial charge < -0.3 is 15.1 Å². The molecule has 1 N–H and O–H groups in total. The quantitative estimate of drug-likeness (QED) is 0.900. The van der Waals surface area contributed by atoms with Gasteiger partial charge in [0.15, 0.2) is 0 Å². The van der Waals surface area contributed by atoms with Gasteiger partial charge in [-0.3, -0.25) is 9.59 Å². The summed E-state index contributed by atoms with van der Waals surface area (Å²) >= 11 is 0. The Kier molecular flexibility index (Phi) is 5.89. The molecule has 1 aliphatic rings. The summed E-state index contributed by atoms with van der Waals surface area (Å²) in [6.45, 7) is 5.44. The first-order valence-electron chi connectivity index (χ1n) is 9.06. The van der Waals surface area contributed by atoms with Gasteiger partial charge in [-0.25, -0.2) is 0 Å². The average molecular weight is 351 g/mol. The monoisotopic (exact) mass is 351 g/mol. The Hall–Kier alpha value is -2.82. The van der Waals surface area contributed by atoms with Crippen LogP contribution in [0.4, 0.5) is 5.69 Å². The number of benzene rings is 2. The van der Waals surface area contributed by atoms with Gasteiger partial charge in [-0.15, -0.1) is 0 Å². The van der Waals surface area contributed by atoms with Gasteiger partial charge in [0, 0.05) is 50.4 Å². The minimum Gasteiger partial charge on any atom is -0.368 e. The highest BCUT2D eigenvalue weighted by atomic mass is 16.2. The molecule has 0 bridgehead atoms. The van der Waals surface area contributed by atoms with Crippen molar-refractivity contribution in [3.63, 3.8) is 0 Å². The van der Waals surface area contributed by atoms with Crippen molar-refractivity contribution >= 4 is 17.5 Å². The standard InChI is InChI=1S/C21H25N3O2/c1-17-6-5-7-18(16-17)21(26)22-11-10-20(25)24-14-12-23(13-15-24)19-8-3-2-4-9-19/h2-9,16H,10-15H2,1H3,(H,22,26). The van der Waals surface area contributed by atoms with Crippen LogP contribution in [0.2, 0.25) is 0 Å². The summed E-state index contributed by atoms with van der Waals surface area (Å²) in [4.78, 5) is 28.7. The van der Waals surface area contributed by atoms with Gasteiger partial charge in [-0.2, -0.15) is 0 Å². The number of carbonyl (C=O) groups excluding carboxylic acids is 2. The molecule has 0 aliphatic carbocycles. The smallest absolute Gasteiger partial charge is 0.251 e. The number of para-hydroxylation sites is 1. The highest BCUT2D eigenvalue weighted by molar-refractivity contribution is 5.94. The van der Waals surface area contributed by atoms with Gasteiger partial charge in [-0.1, -0.05) is 35.9 Å². The van der Waals surface area contributed by atoms with Crippen LogP contribution in [0.25, 0.3) is 0 Å². The fourth-order valence-corrected chi connectivity index (χ4v) is 3.18. The molecule has 26 heavy (non-hydrogen) atoms. The average Bonchev–Trinajstić information content (AvgIpc) is 2.68. The van der Waals surface area contributed by atoms with Crippen molar-refractivity contribution in [1.82, 2.24) is 10.2 Å². The van der Waals surface area contributed by atoms with E-state index < -0.39 is 0 Å². The lowest BCUT2D eigenvalue weighted by atomic mass is 10.1. The lowest BCUT2D eigenvalue weighted by Crippen LogP contribution is -2.49. The zero-order chi connectivity index (χ0) is 18.4. The first-order valence-corrected chi connectivity index (χ1v) is 9.06. The van der Waals surface area contributed by atoms with Gasteiger partial charge in [0.25, 0.3) is 5.91 Å². The molecule has 2 aromatic carbocycles. The van der Waals surface area contributed by atoms with Crippen molar-refractivity contribution in [2.75, 3.05) is 37.6 Å². The highest BCUT2D eigenvalue weighted by Gasteiger charge is 2.21. The second-order valence-corrected chi connectivity index (χ2v) is 6.58. The fourth-order valence-electron chi connectivity index (χ4n) is 3.18. The van der Waals surface area contributed by atoms with Crippen LogP contribution < -0.4 is 10.2 Å². The number of piperazine rings is 1. The van der Waals surface area contributed by atoms with E-state index >= 15 is 0 Å². The van der Waals surface area contributed by atoms with Crippen LogP contribution in [-0.4, -0.2) is 49.4 Å². The first kappa shape index (κ1) is 18.0. The Bertz CT molecular complexity index is 753. The maximum atomic E-state index is 12.4. The molecule has 0 atom stereocenters. The molecule has 2 aromatic rings. The van der Waals surface area contributed by atoms with Gasteiger partial charge in [0.05, 0.1) is 0 Å². The molecule has 0 spiro atoms. The third-order valence-electron chi connectivity index (χ3n) is 4.66. The van der Waals surface area contributed by atoms with Crippen LogP contribution in [0.15, 0.2) is 54.6 Å². The van der Waals surface area contributed by atoms with Crippen LogP contribution in [0.1, 0.15) is 22.3 Å². The molecule has 5 heteroatoms.